The van der Waals surface area contributed by atoms with Crippen molar-refractivity contribution in [3.05, 3.63) is 29.8 Å². The summed E-state index contributed by atoms with van der Waals surface area (Å²) in [5.41, 5.74) is 0.297. The molecule has 2 rings (SSSR count). The van der Waals surface area contributed by atoms with E-state index in [4.69, 9.17) is 4.74 Å². The molecule has 0 saturated heterocycles. The molecule has 0 bridgehead atoms. The summed E-state index contributed by atoms with van der Waals surface area (Å²) in [6.45, 7) is 0. The third-order valence-corrected chi connectivity index (χ3v) is 3.88. The second-order valence-corrected chi connectivity index (χ2v) is 5.14. The zero-order valence-electron chi connectivity index (χ0n) is 11.2. The minimum Gasteiger partial charge on any atom is -0.497 e. The third kappa shape index (κ3) is 3.14. The van der Waals surface area contributed by atoms with Crippen molar-refractivity contribution in [2.75, 3.05) is 7.11 Å². The number of hydrogen-bond donors (Lipinski definition) is 0. The molecular weight excluding hydrogens is 269 g/mol. The van der Waals surface area contributed by atoms with Crippen LogP contribution < -0.4 is 4.74 Å². The second-order valence-electron chi connectivity index (χ2n) is 5.14. The van der Waals surface area contributed by atoms with Gasteiger partial charge in [0, 0.05) is 11.5 Å². The van der Waals surface area contributed by atoms with Crippen molar-refractivity contribution >= 4 is 5.78 Å². The standard InChI is InChI=1S/C15H17F3O2/c1-20-11-6-4-5-10(9-11)14(19)12-7-2-3-8-13(12)15(16,17)18/h4-6,9,12-13H,2-3,7-8H2,1H3. The summed E-state index contributed by atoms with van der Waals surface area (Å²) in [5, 5.41) is 0. The van der Waals surface area contributed by atoms with E-state index in [2.05, 4.69) is 0 Å². The van der Waals surface area contributed by atoms with Crippen molar-refractivity contribution in [3.8, 4) is 5.75 Å². The lowest BCUT2D eigenvalue weighted by Crippen LogP contribution is -2.37. The summed E-state index contributed by atoms with van der Waals surface area (Å²) in [6, 6.07) is 6.34. The van der Waals surface area contributed by atoms with Crippen LogP contribution in [0.4, 0.5) is 13.2 Å². The van der Waals surface area contributed by atoms with Crippen LogP contribution in [0.15, 0.2) is 24.3 Å². The molecule has 0 radical (unpaired) electrons. The van der Waals surface area contributed by atoms with E-state index in [9.17, 15) is 18.0 Å². The number of hydrogen-bond acceptors (Lipinski definition) is 2. The largest absolute Gasteiger partial charge is 0.497 e. The highest BCUT2D eigenvalue weighted by atomic mass is 19.4. The maximum atomic E-state index is 13.0. The molecule has 2 atom stereocenters. The Labute approximate surface area is 115 Å². The van der Waals surface area contributed by atoms with Gasteiger partial charge in [-0.2, -0.15) is 13.2 Å². The molecular formula is C15H17F3O2. The van der Waals surface area contributed by atoms with E-state index in [-0.39, 0.29) is 6.42 Å². The molecule has 2 nitrogen and oxygen atoms in total. The van der Waals surface area contributed by atoms with E-state index >= 15 is 0 Å². The van der Waals surface area contributed by atoms with E-state index in [1.165, 1.54) is 13.2 Å². The molecule has 0 amide bonds. The molecule has 1 aromatic carbocycles. The van der Waals surface area contributed by atoms with E-state index in [1.54, 1.807) is 18.2 Å². The monoisotopic (exact) mass is 286 g/mol. The average Bonchev–Trinajstić information content (AvgIpc) is 2.45. The van der Waals surface area contributed by atoms with Crippen LogP contribution in [0.3, 0.4) is 0 Å². The van der Waals surface area contributed by atoms with E-state index < -0.39 is 23.8 Å². The van der Waals surface area contributed by atoms with Crippen molar-refractivity contribution < 1.29 is 22.7 Å². The molecule has 5 heteroatoms. The number of Topliss-reactive ketones (excluding diaryl/α,β-unsaturated/α-hetero) is 1. The quantitative estimate of drug-likeness (QED) is 0.777. The molecule has 1 saturated carbocycles. The average molecular weight is 286 g/mol. The van der Waals surface area contributed by atoms with Gasteiger partial charge in [0.15, 0.2) is 5.78 Å². The fourth-order valence-electron chi connectivity index (χ4n) is 2.83. The minimum atomic E-state index is -4.31. The highest BCUT2D eigenvalue weighted by Crippen LogP contribution is 2.42. The van der Waals surface area contributed by atoms with Gasteiger partial charge in [0.05, 0.1) is 13.0 Å². The molecule has 0 aromatic heterocycles. The number of rotatable bonds is 3. The molecule has 1 aliphatic carbocycles. The van der Waals surface area contributed by atoms with Gasteiger partial charge in [-0.05, 0) is 25.0 Å². The van der Waals surface area contributed by atoms with Gasteiger partial charge in [-0.1, -0.05) is 25.0 Å². The highest BCUT2D eigenvalue weighted by Gasteiger charge is 2.48. The minimum absolute atomic E-state index is 0.0455. The van der Waals surface area contributed by atoms with Crippen LogP contribution >= 0.6 is 0 Å². The topological polar surface area (TPSA) is 26.3 Å². The lowest BCUT2D eigenvalue weighted by atomic mass is 9.75. The summed E-state index contributed by atoms with van der Waals surface area (Å²) in [6.07, 6.45) is -2.75. The van der Waals surface area contributed by atoms with Gasteiger partial charge in [-0.15, -0.1) is 0 Å². The molecule has 0 heterocycles. The summed E-state index contributed by atoms with van der Waals surface area (Å²) in [7, 11) is 1.46. The lowest BCUT2D eigenvalue weighted by molar-refractivity contribution is -0.190. The molecule has 110 valence electrons. The number of halogens is 3. The Balaban J connectivity index is 2.25. The van der Waals surface area contributed by atoms with Crippen LogP contribution in [0.25, 0.3) is 0 Å². The maximum Gasteiger partial charge on any atom is 0.392 e. The zero-order chi connectivity index (χ0) is 14.8. The van der Waals surface area contributed by atoms with Crippen LogP contribution in [0.5, 0.6) is 5.75 Å². The van der Waals surface area contributed by atoms with E-state index in [0.29, 0.717) is 30.6 Å². The number of carbonyl (C=O) groups excluding carboxylic acids is 1. The molecule has 2 unspecified atom stereocenters. The molecule has 1 aliphatic rings. The number of ketones is 1. The van der Waals surface area contributed by atoms with Gasteiger partial charge < -0.3 is 4.74 Å². The van der Waals surface area contributed by atoms with Gasteiger partial charge >= 0.3 is 6.18 Å². The first-order valence-electron chi connectivity index (χ1n) is 6.68. The summed E-state index contributed by atoms with van der Waals surface area (Å²) in [5.74, 6) is -2.42. The predicted octanol–water partition coefficient (Wildman–Crippen LogP) is 4.25. The lowest BCUT2D eigenvalue weighted by Gasteiger charge is -2.32. The Kier molecular flexibility index (Phi) is 4.35. The first-order valence-corrected chi connectivity index (χ1v) is 6.68. The van der Waals surface area contributed by atoms with Crippen molar-refractivity contribution in [1.29, 1.82) is 0 Å². The molecule has 0 spiro atoms. The van der Waals surface area contributed by atoms with Gasteiger partial charge in [-0.25, -0.2) is 0 Å². The Morgan fingerprint density at radius 3 is 2.60 bits per heavy atom. The van der Waals surface area contributed by atoms with Crippen LogP contribution in [-0.4, -0.2) is 19.1 Å². The van der Waals surface area contributed by atoms with E-state index in [1.807, 2.05) is 0 Å². The smallest absolute Gasteiger partial charge is 0.392 e. The maximum absolute atomic E-state index is 13.0. The first-order chi connectivity index (χ1) is 9.43. The second kappa shape index (κ2) is 5.85. The number of methoxy groups -OCH3 is 1. The van der Waals surface area contributed by atoms with Crippen molar-refractivity contribution in [1.82, 2.24) is 0 Å². The fourth-order valence-corrected chi connectivity index (χ4v) is 2.83. The van der Waals surface area contributed by atoms with Crippen LogP contribution in [0.1, 0.15) is 36.0 Å². The third-order valence-electron chi connectivity index (χ3n) is 3.88. The molecule has 1 aromatic rings. The van der Waals surface area contributed by atoms with Crippen molar-refractivity contribution in [2.45, 2.75) is 31.9 Å². The molecule has 0 N–H and O–H groups in total. The van der Waals surface area contributed by atoms with Crippen LogP contribution in [0.2, 0.25) is 0 Å². The van der Waals surface area contributed by atoms with Crippen molar-refractivity contribution in [3.63, 3.8) is 0 Å². The highest BCUT2D eigenvalue weighted by molar-refractivity contribution is 5.98. The Bertz CT molecular complexity index is 482. The van der Waals surface area contributed by atoms with Gasteiger partial charge in [-0.3, -0.25) is 4.79 Å². The van der Waals surface area contributed by atoms with Crippen LogP contribution in [0, 0.1) is 11.8 Å². The molecule has 20 heavy (non-hydrogen) atoms. The first kappa shape index (κ1) is 14.9. The Morgan fingerprint density at radius 1 is 1.25 bits per heavy atom. The van der Waals surface area contributed by atoms with Gasteiger partial charge in [0.25, 0.3) is 0 Å². The van der Waals surface area contributed by atoms with Gasteiger partial charge in [0.2, 0.25) is 0 Å². The Hall–Kier alpha value is -1.52. The zero-order valence-corrected chi connectivity index (χ0v) is 11.2. The number of alkyl halides is 3. The molecule has 0 aliphatic heterocycles. The van der Waals surface area contributed by atoms with Gasteiger partial charge in [0.1, 0.15) is 5.75 Å². The van der Waals surface area contributed by atoms with Crippen LogP contribution in [-0.2, 0) is 0 Å². The number of ether oxygens (including phenoxy) is 1. The SMILES string of the molecule is COc1cccc(C(=O)C2CCCCC2C(F)(F)F)c1. The Morgan fingerprint density at radius 2 is 1.95 bits per heavy atom. The fraction of sp³-hybridized carbons (Fsp3) is 0.533. The van der Waals surface area contributed by atoms with Crippen molar-refractivity contribution in [2.24, 2.45) is 11.8 Å². The summed E-state index contributed by atoms with van der Waals surface area (Å²) in [4.78, 5) is 12.4. The number of carbonyl (C=O) groups is 1. The number of benzene rings is 1. The molecule has 1 fully saturated rings. The van der Waals surface area contributed by atoms with E-state index in [0.717, 1.165) is 0 Å². The summed E-state index contributed by atoms with van der Waals surface area (Å²) < 4.78 is 44.1. The summed E-state index contributed by atoms with van der Waals surface area (Å²) >= 11 is 0. The normalized spacial score (nSPS) is 23.4. The predicted molar refractivity (Wildman–Crippen MR) is 68.8 cm³/mol.